The Labute approximate surface area is 90.4 Å². The average molecular weight is 212 g/mol. The first-order valence-electron chi connectivity index (χ1n) is 4.61. The minimum Gasteiger partial charge on any atom is -0.491 e. The summed E-state index contributed by atoms with van der Waals surface area (Å²) < 4.78 is 5.10. The lowest BCUT2D eigenvalue weighted by molar-refractivity contribution is 0.0879. The van der Waals surface area contributed by atoms with Gasteiger partial charge < -0.3 is 9.84 Å². The van der Waals surface area contributed by atoms with E-state index in [9.17, 15) is 0 Å². The molecular weight excluding hydrogens is 196 g/mol. The Balaban J connectivity index is 2.64. The van der Waals surface area contributed by atoms with E-state index in [0.29, 0.717) is 6.61 Å². The lowest BCUT2D eigenvalue weighted by Crippen LogP contribution is -2.12. The van der Waals surface area contributed by atoms with Crippen molar-refractivity contribution in [1.29, 1.82) is 0 Å². The molecule has 0 radical (unpaired) electrons. The van der Waals surface area contributed by atoms with Crippen molar-refractivity contribution in [2.45, 2.75) is 24.7 Å². The van der Waals surface area contributed by atoms with Crippen molar-refractivity contribution >= 4 is 12.6 Å². The number of aliphatic hydroxyl groups excluding tert-OH is 1. The maximum Gasteiger partial charge on any atom is 0.117 e. The molecule has 0 aliphatic heterocycles. The number of thiol groups is 1. The third kappa shape index (κ3) is 4.03. The fourth-order valence-electron chi connectivity index (χ4n) is 1.09. The van der Waals surface area contributed by atoms with Crippen molar-refractivity contribution in [2.75, 3.05) is 6.61 Å². The smallest absolute Gasteiger partial charge is 0.117 e. The molecule has 2 atom stereocenters. The van der Waals surface area contributed by atoms with Gasteiger partial charge in [-0.05, 0) is 26.0 Å². The Hall–Kier alpha value is -0.670. The molecule has 0 fully saturated rings. The monoisotopic (exact) mass is 212 g/mol. The van der Waals surface area contributed by atoms with E-state index in [-0.39, 0.29) is 4.75 Å². The fourth-order valence-corrected chi connectivity index (χ4v) is 1.30. The molecule has 1 aliphatic carbocycles. The van der Waals surface area contributed by atoms with Gasteiger partial charge in [0, 0.05) is 0 Å². The standard InChI is InChI=1S/C11H16O2S/c1-9(12)8-13-10-5-3-4-6-11(2,14)7-10/h3-7,9,12,14H,8H2,1-2H3. The van der Waals surface area contributed by atoms with Crippen molar-refractivity contribution in [2.24, 2.45) is 0 Å². The Bertz CT molecular complexity index is 275. The number of rotatable bonds is 3. The van der Waals surface area contributed by atoms with Gasteiger partial charge in [0.15, 0.2) is 0 Å². The van der Waals surface area contributed by atoms with Gasteiger partial charge in [0.1, 0.15) is 12.4 Å². The van der Waals surface area contributed by atoms with E-state index in [1.54, 1.807) is 6.92 Å². The predicted molar refractivity (Wildman–Crippen MR) is 61.4 cm³/mol. The molecule has 1 rings (SSSR count). The molecule has 0 amide bonds. The first-order valence-corrected chi connectivity index (χ1v) is 5.06. The van der Waals surface area contributed by atoms with Crippen molar-refractivity contribution in [3.8, 4) is 0 Å². The fraction of sp³-hybridized carbons (Fsp3) is 0.455. The molecule has 0 spiro atoms. The Morgan fingerprint density at radius 1 is 1.57 bits per heavy atom. The normalized spacial score (nSPS) is 28.1. The van der Waals surface area contributed by atoms with E-state index >= 15 is 0 Å². The van der Waals surface area contributed by atoms with Crippen LogP contribution in [-0.4, -0.2) is 22.6 Å². The highest BCUT2D eigenvalue weighted by Crippen LogP contribution is 2.22. The highest BCUT2D eigenvalue weighted by Gasteiger charge is 2.14. The SMILES string of the molecule is CC(O)COC1=CC(C)(S)C=CC=C1. The number of allylic oxidation sites excluding steroid dienone is 3. The number of hydrogen-bond acceptors (Lipinski definition) is 3. The van der Waals surface area contributed by atoms with Gasteiger partial charge in [-0.15, -0.1) is 0 Å². The molecule has 0 saturated carbocycles. The van der Waals surface area contributed by atoms with Crippen LogP contribution in [-0.2, 0) is 4.74 Å². The summed E-state index contributed by atoms with van der Waals surface area (Å²) in [7, 11) is 0. The van der Waals surface area contributed by atoms with Crippen LogP contribution in [0.4, 0.5) is 0 Å². The van der Waals surface area contributed by atoms with Crippen LogP contribution in [0, 0.1) is 0 Å². The zero-order valence-electron chi connectivity index (χ0n) is 8.47. The molecule has 0 heterocycles. The summed E-state index contributed by atoms with van der Waals surface area (Å²) in [5, 5.41) is 9.07. The molecule has 0 aromatic rings. The van der Waals surface area contributed by atoms with Crippen molar-refractivity contribution in [3.05, 3.63) is 36.1 Å². The van der Waals surface area contributed by atoms with Crippen LogP contribution in [0.3, 0.4) is 0 Å². The Morgan fingerprint density at radius 2 is 2.29 bits per heavy atom. The van der Waals surface area contributed by atoms with Crippen molar-refractivity contribution < 1.29 is 9.84 Å². The topological polar surface area (TPSA) is 29.5 Å². The van der Waals surface area contributed by atoms with E-state index in [1.807, 2.05) is 37.3 Å². The zero-order chi connectivity index (χ0) is 10.6. The number of aliphatic hydroxyl groups is 1. The van der Waals surface area contributed by atoms with Gasteiger partial charge in [-0.3, -0.25) is 0 Å². The van der Waals surface area contributed by atoms with E-state index in [1.165, 1.54) is 0 Å². The minimum atomic E-state index is -0.452. The van der Waals surface area contributed by atoms with Crippen LogP contribution in [0.25, 0.3) is 0 Å². The molecule has 1 aliphatic rings. The van der Waals surface area contributed by atoms with Crippen LogP contribution < -0.4 is 0 Å². The van der Waals surface area contributed by atoms with Crippen LogP contribution in [0.5, 0.6) is 0 Å². The van der Waals surface area contributed by atoms with E-state index in [0.717, 1.165) is 5.76 Å². The van der Waals surface area contributed by atoms with Crippen LogP contribution >= 0.6 is 12.6 Å². The molecule has 14 heavy (non-hydrogen) atoms. The summed E-state index contributed by atoms with van der Waals surface area (Å²) in [4.78, 5) is 0. The molecule has 0 aromatic carbocycles. The average Bonchev–Trinajstić information content (AvgIpc) is 2.22. The summed E-state index contributed by atoms with van der Waals surface area (Å²) in [6.07, 6.45) is 9.13. The molecule has 78 valence electrons. The van der Waals surface area contributed by atoms with Gasteiger partial charge in [0.2, 0.25) is 0 Å². The lowest BCUT2D eigenvalue weighted by atomic mass is 10.1. The largest absolute Gasteiger partial charge is 0.491 e. The molecule has 3 heteroatoms. The first-order chi connectivity index (χ1) is 6.49. The van der Waals surface area contributed by atoms with Gasteiger partial charge in [0.25, 0.3) is 0 Å². The lowest BCUT2D eigenvalue weighted by Gasteiger charge is -2.15. The highest BCUT2D eigenvalue weighted by molar-refractivity contribution is 7.82. The summed E-state index contributed by atoms with van der Waals surface area (Å²) >= 11 is 4.45. The zero-order valence-corrected chi connectivity index (χ0v) is 9.37. The highest BCUT2D eigenvalue weighted by atomic mass is 32.1. The minimum absolute atomic E-state index is 0.294. The summed E-state index contributed by atoms with van der Waals surface area (Å²) in [6.45, 7) is 3.98. The van der Waals surface area contributed by atoms with Gasteiger partial charge in [-0.25, -0.2) is 0 Å². The van der Waals surface area contributed by atoms with E-state index < -0.39 is 6.10 Å². The Morgan fingerprint density at radius 3 is 2.93 bits per heavy atom. The van der Waals surface area contributed by atoms with Gasteiger partial charge >= 0.3 is 0 Å². The maximum atomic E-state index is 9.07. The quantitative estimate of drug-likeness (QED) is 0.701. The third-order valence-electron chi connectivity index (χ3n) is 1.73. The predicted octanol–water partition coefficient (Wildman–Crippen LogP) is 2.08. The number of ether oxygens (including phenoxy) is 1. The Kier molecular flexibility index (Phi) is 3.84. The van der Waals surface area contributed by atoms with Crippen LogP contribution in [0.1, 0.15) is 13.8 Å². The molecule has 1 N–H and O–H groups in total. The van der Waals surface area contributed by atoms with Gasteiger partial charge in [-0.2, -0.15) is 12.6 Å². The maximum absolute atomic E-state index is 9.07. The molecule has 2 unspecified atom stereocenters. The summed E-state index contributed by atoms with van der Waals surface area (Å²) in [5.41, 5.74) is 0. The molecule has 0 bridgehead atoms. The molecule has 0 saturated heterocycles. The first kappa shape index (κ1) is 11.4. The summed E-state index contributed by atoms with van der Waals surface area (Å²) in [5.74, 6) is 0.744. The van der Waals surface area contributed by atoms with E-state index in [4.69, 9.17) is 9.84 Å². The van der Waals surface area contributed by atoms with Crippen molar-refractivity contribution in [1.82, 2.24) is 0 Å². The second-order valence-electron chi connectivity index (χ2n) is 3.65. The molecule has 0 aromatic heterocycles. The second-order valence-corrected chi connectivity index (χ2v) is 4.61. The number of hydrogen-bond donors (Lipinski definition) is 2. The van der Waals surface area contributed by atoms with Crippen LogP contribution in [0.2, 0.25) is 0 Å². The second kappa shape index (κ2) is 4.71. The van der Waals surface area contributed by atoms with Crippen LogP contribution in [0.15, 0.2) is 36.1 Å². The summed E-state index contributed by atoms with van der Waals surface area (Å²) in [6, 6.07) is 0. The third-order valence-corrected chi connectivity index (χ3v) is 2.01. The van der Waals surface area contributed by atoms with E-state index in [2.05, 4.69) is 12.6 Å². The molecule has 2 nitrogen and oxygen atoms in total. The van der Waals surface area contributed by atoms with Gasteiger partial charge in [0.05, 0.1) is 10.9 Å². The van der Waals surface area contributed by atoms with Crippen molar-refractivity contribution in [3.63, 3.8) is 0 Å². The molecular formula is C11H16O2S. The van der Waals surface area contributed by atoms with Gasteiger partial charge in [-0.1, -0.05) is 18.2 Å².